The number of halogens is 1. The van der Waals surface area contributed by atoms with E-state index in [9.17, 15) is 0 Å². The van der Waals surface area contributed by atoms with Crippen molar-refractivity contribution in [2.75, 3.05) is 0 Å². The summed E-state index contributed by atoms with van der Waals surface area (Å²) >= 11 is 0. The summed E-state index contributed by atoms with van der Waals surface area (Å²) in [6.07, 6.45) is 13.7. The Bertz CT molecular complexity index is 1010. The van der Waals surface area contributed by atoms with Gasteiger partial charge in [0.15, 0.2) is 12.4 Å². The van der Waals surface area contributed by atoms with Gasteiger partial charge in [-0.2, -0.15) is 0 Å². The van der Waals surface area contributed by atoms with Crippen LogP contribution in [0.4, 0.5) is 0 Å². The molecule has 4 aromatic rings. The van der Waals surface area contributed by atoms with Gasteiger partial charge < -0.3 is 28.4 Å². The van der Waals surface area contributed by atoms with Gasteiger partial charge in [0.25, 0.3) is 0 Å². The summed E-state index contributed by atoms with van der Waals surface area (Å²) in [5.74, 6) is 0. The van der Waals surface area contributed by atoms with Crippen molar-refractivity contribution in [2.24, 2.45) is 0 Å². The van der Waals surface area contributed by atoms with E-state index in [0.717, 1.165) is 23.4 Å². The summed E-state index contributed by atoms with van der Waals surface area (Å²) in [5.41, 5.74) is 5.55. The quantitative estimate of drug-likeness (QED) is 0.225. The minimum absolute atomic E-state index is 0. The predicted octanol–water partition coefficient (Wildman–Crippen LogP) is 2.54. The number of aromatic nitrogens is 3. The summed E-state index contributed by atoms with van der Waals surface area (Å²) in [5, 5.41) is 0. The largest absolute Gasteiger partial charge is 1.00 e. The second-order valence-electron chi connectivity index (χ2n) is 7.06. The lowest BCUT2D eigenvalue weighted by Gasteiger charge is -2.02. The fourth-order valence-electron chi connectivity index (χ4n) is 3.43. The van der Waals surface area contributed by atoms with E-state index >= 15 is 0 Å². The van der Waals surface area contributed by atoms with E-state index in [1.165, 1.54) is 36.8 Å². The number of hydrogen-bond donors (Lipinski definition) is 0. The standard InChI is InChI=1S/C24H26N3.HI/c1-2-3-4-8-14-26-15-11-20(12-16-26)22-13-17-27-19-23(25-24(27)18-22)21-9-6-5-7-10-21;/h5-7,9-13,15-19H,2-4,8,14H2,1H3;1H/q+1;/p-1. The molecule has 0 bridgehead atoms. The normalized spacial score (nSPS) is 10.8. The molecule has 0 saturated carbocycles. The Kier molecular flexibility index (Phi) is 7.20. The second kappa shape index (κ2) is 9.82. The number of imidazole rings is 1. The van der Waals surface area contributed by atoms with E-state index < -0.39 is 0 Å². The summed E-state index contributed by atoms with van der Waals surface area (Å²) in [7, 11) is 0. The lowest BCUT2D eigenvalue weighted by Crippen LogP contribution is -3.00. The molecular formula is C24H26IN3. The summed E-state index contributed by atoms with van der Waals surface area (Å²) in [6.45, 7) is 3.35. The number of aryl methyl sites for hydroxylation is 1. The zero-order valence-corrected chi connectivity index (χ0v) is 18.4. The third-order valence-electron chi connectivity index (χ3n) is 5.02. The first-order valence-electron chi connectivity index (χ1n) is 9.87. The van der Waals surface area contributed by atoms with E-state index in [0.29, 0.717) is 0 Å². The molecular weight excluding hydrogens is 457 g/mol. The van der Waals surface area contributed by atoms with Gasteiger partial charge in [0.2, 0.25) is 0 Å². The number of pyridine rings is 2. The fourth-order valence-corrected chi connectivity index (χ4v) is 3.43. The SMILES string of the molecule is CCCCCC[n+]1ccc(-c2ccn3cc(-c4ccccc4)nc3c2)cc1.[I-]. The van der Waals surface area contributed by atoms with E-state index in [-0.39, 0.29) is 24.0 Å². The molecule has 0 N–H and O–H groups in total. The van der Waals surface area contributed by atoms with Gasteiger partial charge in [0, 0.05) is 36.5 Å². The summed E-state index contributed by atoms with van der Waals surface area (Å²) in [4.78, 5) is 4.80. The third kappa shape index (κ3) is 4.79. The molecule has 0 unspecified atom stereocenters. The highest BCUT2D eigenvalue weighted by Crippen LogP contribution is 2.23. The van der Waals surface area contributed by atoms with E-state index in [4.69, 9.17) is 4.98 Å². The number of fused-ring (bicyclic) bond motifs is 1. The van der Waals surface area contributed by atoms with Gasteiger partial charge in [-0.25, -0.2) is 9.55 Å². The van der Waals surface area contributed by atoms with Crippen LogP contribution < -0.4 is 28.5 Å². The minimum Gasteiger partial charge on any atom is -1.00 e. The Morgan fingerprint density at radius 1 is 0.857 bits per heavy atom. The average molecular weight is 483 g/mol. The number of hydrogen-bond acceptors (Lipinski definition) is 1. The molecule has 4 rings (SSSR count). The molecule has 0 atom stereocenters. The monoisotopic (exact) mass is 483 g/mol. The van der Waals surface area contributed by atoms with Crippen molar-refractivity contribution in [2.45, 2.75) is 39.2 Å². The molecule has 28 heavy (non-hydrogen) atoms. The minimum atomic E-state index is 0. The molecule has 0 spiro atoms. The number of rotatable bonds is 7. The van der Waals surface area contributed by atoms with Crippen LogP contribution in [0, 0.1) is 0 Å². The maximum Gasteiger partial charge on any atom is 0.169 e. The van der Waals surface area contributed by atoms with Crippen molar-refractivity contribution in [3.05, 3.63) is 79.4 Å². The number of unbranched alkanes of at least 4 members (excludes halogenated alkanes) is 3. The van der Waals surface area contributed by atoms with Gasteiger partial charge in [-0.05, 0) is 29.7 Å². The molecule has 0 aliphatic heterocycles. The Labute approximate surface area is 184 Å². The van der Waals surface area contributed by atoms with Crippen molar-refractivity contribution >= 4 is 5.65 Å². The van der Waals surface area contributed by atoms with Crippen molar-refractivity contribution in [1.82, 2.24) is 9.38 Å². The van der Waals surface area contributed by atoms with Gasteiger partial charge in [0.1, 0.15) is 12.2 Å². The van der Waals surface area contributed by atoms with E-state index in [1.54, 1.807) is 0 Å². The van der Waals surface area contributed by atoms with Crippen LogP contribution in [-0.4, -0.2) is 9.38 Å². The van der Waals surface area contributed by atoms with Crippen LogP contribution in [0.2, 0.25) is 0 Å². The molecule has 144 valence electrons. The van der Waals surface area contributed by atoms with Gasteiger partial charge in [0.05, 0.1) is 5.69 Å². The molecule has 0 radical (unpaired) electrons. The highest BCUT2D eigenvalue weighted by molar-refractivity contribution is 5.69. The number of benzene rings is 1. The molecule has 1 aromatic carbocycles. The maximum absolute atomic E-state index is 4.80. The topological polar surface area (TPSA) is 21.2 Å². The summed E-state index contributed by atoms with van der Waals surface area (Å²) < 4.78 is 4.36. The zero-order chi connectivity index (χ0) is 18.5. The van der Waals surface area contributed by atoms with Crippen LogP contribution in [0.1, 0.15) is 32.6 Å². The Hall–Kier alpha value is -2.21. The first-order chi connectivity index (χ1) is 13.3. The summed E-state index contributed by atoms with van der Waals surface area (Å²) in [6, 6.07) is 19.0. The second-order valence-corrected chi connectivity index (χ2v) is 7.06. The van der Waals surface area contributed by atoms with E-state index in [2.05, 4.69) is 77.1 Å². The Morgan fingerprint density at radius 2 is 1.64 bits per heavy atom. The fraction of sp³-hybridized carbons (Fsp3) is 0.250. The lowest BCUT2D eigenvalue weighted by molar-refractivity contribution is -0.697. The van der Waals surface area contributed by atoms with Crippen molar-refractivity contribution < 1.29 is 28.5 Å². The highest BCUT2D eigenvalue weighted by atomic mass is 127. The van der Waals surface area contributed by atoms with Crippen LogP contribution in [0.15, 0.2) is 79.4 Å². The Morgan fingerprint density at radius 3 is 2.39 bits per heavy atom. The van der Waals surface area contributed by atoms with Gasteiger partial charge in [-0.3, -0.25) is 0 Å². The molecule has 0 amide bonds. The smallest absolute Gasteiger partial charge is 0.169 e. The van der Waals surface area contributed by atoms with Crippen LogP contribution in [0.3, 0.4) is 0 Å². The van der Waals surface area contributed by atoms with Crippen LogP contribution in [-0.2, 0) is 6.54 Å². The van der Waals surface area contributed by atoms with E-state index in [1.807, 2.05) is 18.2 Å². The first kappa shape index (κ1) is 20.5. The van der Waals surface area contributed by atoms with Gasteiger partial charge in [-0.1, -0.05) is 50.1 Å². The van der Waals surface area contributed by atoms with Crippen LogP contribution in [0.5, 0.6) is 0 Å². The molecule has 3 heterocycles. The van der Waals surface area contributed by atoms with Crippen LogP contribution in [0.25, 0.3) is 28.0 Å². The van der Waals surface area contributed by atoms with Crippen molar-refractivity contribution in [3.8, 4) is 22.4 Å². The van der Waals surface area contributed by atoms with Gasteiger partial charge in [-0.15, -0.1) is 0 Å². The molecule has 4 heteroatoms. The number of nitrogens with zero attached hydrogens (tertiary/aromatic N) is 3. The average Bonchev–Trinajstić information content (AvgIpc) is 3.16. The van der Waals surface area contributed by atoms with Crippen LogP contribution >= 0.6 is 0 Å². The molecule has 0 fully saturated rings. The molecule has 3 nitrogen and oxygen atoms in total. The zero-order valence-electron chi connectivity index (χ0n) is 16.3. The Balaban J connectivity index is 0.00000225. The predicted molar refractivity (Wildman–Crippen MR) is 110 cm³/mol. The lowest BCUT2D eigenvalue weighted by atomic mass is 10.1. The molecule has 3 aromatic heterocycles. The van der Waals surface area contributed by atoms with Crippen molar-refractivity contribution in [3.63, 3.8) is 0 Å². The maximum atomic E-state index is 4.80. The first-order valence-corrected chi connectivity index (χ1v) is 9.87. The highest BCUT2D eigenvalue weighted by Gasteiger charge is 2.07. The third-order valence-corrected chi connectivity index (χ3v) is 5.02. The molecule has 0 aliphatic rings. The van der Waals surface area contributed by atoms with Gasteiger partial charge >= 0.3 is 0 Å². The molecule has 0 aliphatic carbocycles. The molecule has 0 saturated heterocycles. The van der Waals surface area contributed by atoms with Crippen molar-refractivity contribution in [1.29, 1.82) is 0 Å².